The maximum atomic E-state index is 5.96. The minimum atomic E-state index is 0.147. The van der Waals surface area contributed by atoms with E-state index in [0.717, 1.165) is 0 Å². The van der Waals surface area contributed by atoms with Crippen molar-refractivity contribution in [1.29, 1.82) is 0 Å². The van der Waals surface area contributed by atoms with E-state index in [0.29, 0.717) is 17.9 Å². The smallest absolute Gasteiger partial charge is 0.0601 e. The van der Waals surface area contributed by atoms with Crippen LogP contribution in [0, 0.1) is 25.7 Å². The van der Waals surface area contributed by atoms with Crippen LogP contribution < -0.4 is 11.3 Å². The summed E-state index contributed by atoms with van der Waals surface area (Å²) in [5.41, 5.74) is 6.84. The molecule has 0 saturated carbocycles. The van der Waals surface area contributed by atoms with Gasteiger partial charge in [-0.3, -0.25) is 11.3 Å². The van der Waals surface area contributed by atoms with Gasteiger partial charge in [0, 0.05) is 5.92 Å². The van der Waals surface area contributed by atoms with Gasteiger partial charge in [0.1, 0.15) is 0 Å². The molecule has 106 valence electrons. The highest BCUT2D eigenvalue weighted by Gasteiger charge is 2.41. The number of nitrogens with two attached hydrogens (primary N) is 1. The van der Waals surface area contributed by atoms with Crippen LogP contribution in [0.4, 0.5) is 0 Å². The Hall–Kier alpha value is -0.900. The van der Waals surface area contributed by atoms with Gasteiger partial charge in [-0.25, -0.2) is 0 Å². The van der Waals surface area contributed by atoms with Gasteiger partial charge in [-0.2, -0.15) is 0 Å². The largest absolute Gasteiger partial charge is 0.375 e. The van der Waals surface area contributed by atoms with Gasteiger partial charge in [0.2, 0.25) is 0 Å². The third-order valence-electron chi connectivity index (χ3n) is 4.49. The van der Waals surface area contributed by atoms with Gasteiger partial charge in [-0.1, -0.05) is 36.2 Å². The summed E-state index contributed by atoms with van der Waals surface area (Å²) in [5, 5.41) is 0. The van der Waals surface area contributed by atoms with E-state index >= 15 is 0 Å². The lowest BCUT2D eigenvalue weighted by Gasteiger charge is -2.29. The molecule has 3 nitrogen and oxygen atoms in total. The fourth-order valence-electron chi connectivity index (χ4n) is 3.49. The van der Waals surface area contributed by atoms with E-state index in [-0.39, 0.29) is 12.1 Å². The zero-order valence-electron chi connectivity index (χ0n) is 12.6. The molecule has 5 unspecified atom stereocenters. The van der Waals surface area contributed by atoms with Crippen LogP contribution in [0.3, 0.4) is 0 Å². The molecule has 0 spiro atoms. The number of hydrogen-bond acceptors (Lipinski definition) is 3. The third-order valence-corrected chi connectivity index (χ3v) is 4.49. The van der Waals surface area contributed by atoms with Crippen molar-refractivity contribution >= 4 is 0 Å². The van der Waals surface area contributed by atoms with E-state index in [1.165, 1.54) is 16.7 Å². The summed E-state index contributed by atoms with van der Waals surface area (Å²) in [6, 6.07) is 6.78. The first-order valence-electron chi connectivity index (χ1n) is 7.13. The van der Waals surface area contributed by atoms with Gasteiger partial charge < -0.3 is 4.74 Å². The predicted octanol–water partition coefficient (Wildman–Crippen LogP) is 2.87. The van der Waals surface area contributed by atoms with Crippen LogP contribution in [0.5, 0.6) is 0 Å². The molecule has 1 saturated heterocycles. The summed E-state index contributed by atoms with van der Waals surface area (Å²) in [6.45, 7) is 10.8. The molecule has 0 bridgehead atoms. The summed E-state index contributed by atoms with van der Waals surface area (Å²) < 4.78 is 5.96. The topological polar surface area (TPSA) is 47.3 Å². The first kappa shape index (κ1) is 14.5. The molecule has 1 fully saturated rings. The second-order valence-corrected chi connectivity index (χ2v) is 6.05. The van der Waals surface area contributed by atoms with Gasteiger partial charge in [0.15, 0.2) is 0 Å². The fraction of sp³-hybridized carbons (Fsp3) is 0.625. The number of nitrogens with one attached hydrogen (secondary N) is 1. The lowest BCUT2D eigenvalue weighted by atomic mass is 9.80. The summed E-state index contributed by atoms with van der Waals surface area (Å²) in [6.07, 6.45) is 0.522. The van der Waals surface area contributed by atoms with E-state index < -0.39 is 0 Å². The Morgan fingerprint density at radius 1 is 1.05 bits per heavy atom. The normalized spacial score (nSPS) is 32.5. The Balaban J connectivity index is 2.34. The maximum Gasteiger partial charge on any atom is 0.0601 e. The SMILES string of the molecule is Cc1cc(C)cc(C(NN)C2C(C)OC(C)C2C)c1. The van der Waals surface area contributed by atoms with Gasteiger partial charge in [0.05, 0.1) is 18.2 Å². The molecule has 0 aliphatic carbocycles. The van der Waals surface area contributed by atoms with Gasteiger partial charge in [0.25, 0.3) is 0 Å². The Morgan fingerprint density at radius 3 is 2.05 bits per heavy atom. The third kappa shape index (κ3) is 2.83. The second kappa shape index (κ2) is 5.61. The molecular formula is C16H26N2O. The molecule has 0 radical (unpaired) electrons. The zero-order chi connectivity index (χ0) is 14.2. The van der Waals surface area contributed by atoms with Crippen LogP contribution in [-0.2, 0) is 4.74 Å². The van der Waals surface area contributed by atoms with E-state index in [9.17, 15) is 0 Å². The Morgan fingerprint density at radius 2 is 1.63 bits per heavy atom. The Kier molecular flexibility index (Phi) is 4.29. The van der Waals surface area contributed by atoms with Gasteiger partial charge in [-0.05, 0) is 39.2 Å². The number of aryl methyl sites for hydroxylation is 2. The fourth-order valence-corrected chi connectivity index (χ4v) is 3.49. The number of ether oxygens (including phenoxy) is 1. The van der Waals surface area contributed by atoms with Crippen LogP contribution >= 0.6 is 0 Å². The quantitative estimate of drug-likeness (QED) is 0.650. The van der Waals surface area contributed by atoms with Crippen LogP contribution in [-0.4, -0.2) is 12.2 Å². The first-order chi connectivity index (χ1) is 8.93. The van der Waals surface area contributed by atoms with Crippen LogP contribution in [0.1, 0.15) is 43.5 Å². The molecule has 2 rings (SSSR count). The first-order valence-corrected chi connectivity index (χ1v) is 7.13. The molecule has 1 aliphatic heterocycles. The van der Waals surface area contributed by atoms with Crippen molar-refractivity contribution in [2.45, 2.75) is 52.9 Å². The van der Waals surface area contributed by atoms with Crippen molar-refractivity contribution in [1.82, 2.24) is 5.43 Å². The highest BCUT2D eigenvalue weighted by Crippen LogP contribution is 2.40. The monoisotopic (exact) mass is 262 g/mol. The number of benzene rings is 1. The van der Waals surface area contributed by atoms with Crippen molar-refractivity contribution in [2.24, 2.45) is 17.7 Å². The zero-order valence-corrected chi connectivity index (χ0v) is 12.6. The lowest BCUT2D eigenvalue weighted by molar-refractivity contribution is 0.0475. The minimum absolute atomic E-state index is 0.147. The summed E-state index contributed by atoms with van der Waals surface area (Å²) in [4.78, 5) is 0. The summed E-state index contributed by atoms with van der Waals surface area (Å²) in [5.74, 6) is 6.75. The molecule has 1 aromatic carbocycles. The average Bonchev–Trinajstić information content (AvgIpc) is 2.56. The van der Waals surface area contributed by atoms with Crippen molar-refractivity contribution in [3.05, 3.63) is 34.9 Å². The molecule has 0 aromatic heterocycles. The highest BCUT2D eigenvalue weighted by molar-refractivity contribution is 5.31. The molecule has 1 aromatic rings. The highest BCUT2D eigenvalue weighted by atomic mass is 16.5. The van der Waals surface area contributed by atoms with Crippen molar-refractivity contribution in [2.75, 3.05) is 0 Å². The summed E-state index contributed by atoms with van der Waals surface area (Å²) in [7, 11) is 0. The second-order valence-electron chi connectivity index (χ2n) is 6.05. The summed E-state index contributed by atoms with van der Waals surface area (Å²) >= 11 is 0. The minimum Gasteiger partial charge on any atom is -0.375 e. The van der Waals surface area contributed by atoms with Crippen molar-refractivity contribution < 1.29 is 4.74 Å². The predicted molar refractivity (Wildman–Crippen MR) is 78.6 cm³/mol. The van der Waals surface area contributed by atoms with E-state index in [1.54, 1.807) is 0 Å². The molecule has 0 amide bonds. The molecule has 3 heteroatoms. The maximum absolute atomic E-state index is 5.96. The van der Waals surface area contributed by atoms with E-state index in [2.05, 4.69) is 58.2 Å². The van der Waals surface area contributed by atoms with Crippen LogP contribution in [0.25, 0.3) is 0 Å². The standard InChI is InChI=1S/C16H26N2O/c1-9-6-10(2)8-14(7-9)16(18-17)15-11(3)12(4)19-13(15)5/h6-8,11-13,15-16,18H,17H2,1-5H3. The van der Waals surface area contributed by atoms with Crippen molar-refractivity contribution in [3.63, 3.8) is 0 Å². The van der Waals surface area contributed by atoms with Crippen molar-refractivity contribution in [3.8, 4) is 0 Å². The molecular weight excluding hydrogens is 236 g/mol. The van der Waals surface area contributed by atoms with Crippen LogP contribution in [0.15, 0.2) is 18.2 Å². The van der Waals surface area contributed by atoms with Crippen LogP contribution in [0.2, 0.25) is 0 Å². The Bertz CT molecular complexity index is 426. The number of rotatable bonds is 3. The number of hydrazine groups is 1. The van der Waals surface area contributed by atoms with Gasteiger partial charge in [-0.15, -0.1) is 0 Å². The molecule has 5 atom stereocenters. The Labute approximate surface area is 116 Å². The molecule has 1 heterocycles. The molecule has 19 heavy (non-hydrogen) atoms. The average molecular weight is 262 g/mol. The van der Waals surface area contributed by atoms with Gasteiger partial charge >= 0.3 is 0 Å². The molecule has 1 aliphatic rings. The lowest BCUT2D eigenvalue weighted by Crippen LogP contribution is -2.38. The molecule has 3 N–H and O–H groups in total. The number of hydrogen-bond donors (Lipinski definition) is 2. The van der Waals surface area contributed by atoms with E-state index in [4.69, 9.17) is 10.6 Å². The van der Waals surface area contributed by atoms with E-state index in [1.807, 2.05) is 0 Å².